The minimum Gasteiger partial charge on any atom is -0.439 e. The van der Waals surface area contributed by atoms with Crippen LogP contribution in [-0.4, -0.2) is 11.5 Å². The number of hydrogen-bond donors (Lipinski definition) is 1. The summed E-state index contributed by atoms with van der Waals surface area (Å²) in [7, 11) is 0. The molecule has 100 valence electrons. The van der Waals surface area contributed by atoms with E-state index in [4.69, 9.17) is 27.9 Å². The molecule has 0 aliphatic carbocycles. The van der Waals surface area contributed by atoms with Crippen molar-refractivity contribution in [2.75, 3.05) is 11.9 Å². The predicted octanol–water partition coefficient (Wildman–Crippen LogP) is 5.00. The van der Waals surface area contributed by atoms with Gasteiger partial charge in [-0.1, -0.05) is 36.2 Å². The quantitative estimate of drug-likeness (QED) is 0.843. The van der Waals surface area contributed by atoms with E-state index in [1.807, 2.05) is 12.1 Å². The van der Waals surface area contributed by atoms with Crippen LogP contribution in [0.2, 0.25) is 10.0 Å². The van der Waals surface area contributed by atoms with Gasteiger partial charge >= 0.3 is 0 Å². The van der Waals surface area contributed by atoms with Crippen molar-refractivity contribution in [3.8, 4) is 11.6 Å². The Morgan fingerprint density at radius 1 is 1.16 bits per heavy atom. The topological polar surface area (TPSA) is 34.1 Å². The van der Waals surface area contributed by atoms with Gasteiger partial charge in [0.2, 0.25) is 5.88 Å². The molecule has 1 aromatic carbocycles. The first-order valence-corrected chi connectivity index (χ1v) is 6.78. The Balaban J connectivity index is 2.13. The van der Waals surface area contributed by atoms with Crippen molar-refractivity contribution in [1.82, 2.24) is 4.98 Å². The van der Waals surface area contributed by atoms with Crippen molar-refractivity contribution in [2.45, 2.75) is 13.3 Å². The molecule has 5 heteroatoms. The van der Waals surface area contributed by atoms with Gasteiger partial charge in [-0.15, -0.1) is 0 Å². The molecule has 0 atom stereocenters. The van der Waals surface area contributed by atoms with Crippen molar-refractivity contribution in [3.05, 3.63) is 46.4 Å². The Morgan fingerprint density at radius 3 is 2.58 bits per heavy atom. The van der Waals surface area contributed by atoms with E-state index in [1.165, 1.54) is 0 Å². The smallest absolute Gasteiger partial charge is 0.221 e. The van der Waals surface area contributed by atoms with E-state index < -0.39 is 0 Å². The van der Waals surface area contributed by atoms with Crippen LogP contribution in [0.4, 0.5) is 5.82 Å². The molecule has 1 heterocycles. The molecule has 0 radical (unpaired) electrons. The van der Waals surface area contributed by atoms with Crippen LogP contribution in [0, 0.1) is 0 Å². The number of pyridine rings is 1. The standard InChI is InChI=1S/C14H14Cl2N2O/c1-2-6-17-13-4-3-5-14(18-13)19-12-8-10(15)7-11(16)9-12/h3-5,7-9H,2,6H2,1H3,(H,17,18). The molecule has 0 spiro atoms. The van der Waals surface area contributed by atoms with E-state index in [9.17, 15) is 0 Å². The molecule has 2 rings (SSSR count). The highest BCUT2D eigenvalue weighted by atomic mass is 35.5. The van der Waals surface area contributed by atoms with Crippen molar-refractivity contribution in [2.24, 2.45) is 0 Å². The first-order chi connectivity index (χ1) is 9.17. The van der Waals surface area contributed by atoms with Crippen molar-refractivity contribution < 1.29 is 4.74 Å². The summed E-state index contributed by atoms with van der Waals surface area (Å²) < 4.78 is 5.64. The van der Waals surface area contributed by atoms with E-state index >= 15 is 0 Å². The Kier molecular flexibility index (Phi) is 4.88. The minimum absolute atomic E-state index is 0.499. The number of halogens is 2. The highest BCUT2D eigenvalue weighted by molar-refractivity contribution is 6.34. The Hall–Kier alpha value is -1.45. The lowest BCUT2D eigenvalue weighted by molar-refractivity contribution is 0.463. The third kappa shape index (κ3) is 4.30. The van der Waals surface area contributed by atoms with Gasteiger partial charge in [0.1, 0.15) is 11.6 Å². The maximum Gasteiger partial charge on any atom is 0.221 e. The second kappa shape index (κ2) is 6.64. The predicted molar refractivity (Wildman–Crippen MR) is 79.6 cm³/mol. The first kappa shape index (κ1) is 14.0. The summed E-state index contributed by atoms with van der Waals surface area (Å²) in [5.74, 6) is 1.85. The van der Waals surface area contributed by atoms with Gasteiger partial charge in [-0.2, -0.15) is 4.98 Å². The maximum atomic E-state index is 5.92. The monoisotopic (exact) mass is 296 g/mol. The Bertz CT molecular complexity index is 541. The van der Waals surface area contributed by atoms with Crippen LogP contribution < -0.4 is 10.1 Å². The van der Waals surface area contributed by atoms with Gasteiger partial charge in [0, 0.05) is 22.7 Å². The summed E-state index contributed by atoms with van der Waals surface area (Å²) in [5.41, 5.74) is 0. The van der Waals surface area contributed by atoms with E-state index in [0.29, 0.717) is 21.7 Å². The molecule has 0 aliphatic rings. The van der Waals surface area contributed by atoms with Crippen LogP contribution in [0.15, 0.2) is 36.4 Å². The lowest BCUT2D eigenvalue weighted by atomic mass is 10.3. The lowest BCUT2D eigenvalue weighted by Gasteiger charge is -2.08. The number of nitrogens with one attached hydrogen (secondary N) is 1. The fraction of sp³-hybridized carbons (Fsp3) is 0.214. The average molecular weight is 297 g/mol. The summed E-state index contributed by atoms with van der Waals surface area (Å²) >= 11 is 11.8. The van der Waals surface area contributed by atoms with Crippen LogP contribution in [0.3, 0.4) is 0 Å². The lowest BCUT2D eigenvalue weighted by Crippen LogP contribution is -2.02. The van der Waals surface area contributed by atoms with Crippen molar-refractivity contribution >= 4 is 29.0 Å². The van der Waals surface area contributed by atoms with Crippen LogP contribution >= 0.6 is 23.2 Å². The molecule has 0 saturated heterocycles. The number of anilines is 1. The van der Waals surface area contributed by atoms with Crippen molar-refractivity contribution in [3.63, 3.8) is 0 Å². The maximum absolute atomic E-state index is 5.92. The van der Waals surface area contributed by atoms with E-state index in [2.05, 4.69) is 17.2 Å². The number of nitrogens with zero attached hydrogens (tertiary/aromatic N) is 1. The highest BCUT2D eigenvalue weighted by Gasteiger charge is 2.03. The van der Waals surface area contributed by atoms with Crippen LogP contribution in [-0.2, 0) is 0 Å². The fourth-order valence-electron chi connectivity index (χ4n) is 1.53. The Labute approximate surface area is 122 Å². The van der Waals surface area contributed by atoms with Gasteiger partial charge in [-0.25, -0.2) is 0 Å². The number of aromatic nitrogens is 1. The second-order valence-corrected chi connectivity index (χ2v) is 4.87. The van der Waals surface area contributed by atoms with Gasteiger partial charge < -0.3 is 10.1 Å². The molecular weight excluding hydrogens is 283 g/mol. The molecule has 0 saturated carbocycles. The molecule has 0 aliphatic heterocycles. The molecule has 3 nitrogen and oxygen atoms in total. The van der Waals surface area contributed by atoms with Gasteiger partial charge in [-0.3, -0.25) is 0 Å². The number of hydrogen-bond acceptors (Lipinski definition) is 3. The van der Waals surface area contributed by atoms with Gasteiger partial charge in [0.25, 0.3) is 0 Å². The number of ether oxygens (including phenoxy) is 1. The van der Waals surface area contributed by atoms with E-state index in [0.717, 1.165) is 18.8 Å². The Morgan fingerprint density at radius 2 is 1.89 bits per heavy atom. The first-order valence-electron chi connectivity index (χ1n) is 6.02. The van der Waals surface area contributed by atoms with E-state index in [-0.39, 0.29) is 0 Å². The molecule has 0 fully saturated rings. The van der Waals surface area contributed by atoms with Gasteiger partial charge in [0.05, 0.1) is 0 Å². The molecule has 1 aromatic heterocycles. The number of benzene rings is 1. The van der Waals surface area contributed by atoms with Gasteiger partial charge in [0.15, 0.2) is 0 Å². The molecule has 0 amide bonds. The highest BCUT2D eigenvalue weighted by Crippen LogP contribution is 2.27. The SMILES string of the molecule is CCCNc1cccc(Oc2cc(Cl)cc(Cl)c2)n1. The largest absolute Gasteiger partial charge is 0.439 e. The van der Waals surface area contributed by atoms with Crippen LogP contribution in [0.1, 0.15) is 13.3 Å². The molecule has 19 heavy (non-hydrogen) atoms. The second-order valence-electron chi connectivity index (χ2n) is 4.00. The summed E-state index contributed by atoms with van der Waals surface area (Å²) in [6.07, 6.45) is 1.04. The molecular formula is C14H14Cl2N2O. The van der Waals surface area contributed by atoms with E-state index in [1.54, 1.807) is 24.3 Å². The van der Waals surface area contributed by atoms with Gasteiger partial charge in [-0.05, 0) is 30.7 Å². The normalized spacial score (nSPS) is 10.3. The van der Waals surface area contributed by atoms with Crippen LogP contribution in [0.5, 0.6) is 11.6 Å². The van der Waals surface area contributed by atoms with Crippen molar-refractivity contribution in [1.29, 1.82) is 0 Å². The zero-order valence-corrected chi connectivity index (χ0v) is 12.0. The van der Waals surface area contributed by atoms with Crippen LogP contribution in [0.25, 0.3) is 0 Å². The fourth-order valence-corrected chi connectivity index (χ4v) is 2.04. The third-order valence-corrected chi connectivity index (χ3v) is 2.77. The minimum atomic E-state index is 0.499. The molecule has 1 N–H and O–H groups in total. The average Bonchev–Trinajstić information content (AvgIpc) is 2.35. The molecule has 0 bridgehead atoms. The summed E-state index contributed by atoms with van der Waals surface area (Å²) in [6, 6.07) is 10.6. The summed E-state index contributed by atoms with van der Waals surface area (Å²) in [6.45, 7) is 2.97. The zero-order chi connectivity index (χ0) is 13.7. The third-order valence-electron chi connectivity index (χ3n) is 2.34. The zero-order valence-electron chi connectivity index (χ0n) is 10.5. The summed E-state index contributed by atoms with van der Waals surface area (Å²) in [5, 5.41) is 4.26. The molecule has 0 unspecified atom stereocenters. The molecule has 2 aromatic rings. The number of rotatable bonds is 5. The summed E-state index contributed by atoms with van der Waals surface area (Å²) in [4.78, 5) is 4.35.